The Morgan fingerprint density at radius 1 is 1.17 bits per heavy atom. The number of rotatable bonds is 7. The van der Waals surface area contributed by atoms with E-state index in [1.807, 2.05) is 31.2 Å². The van der Waals surface area contributed by atoms with Gasteiger partial charge in [0.1, 0.15) is 12.4 Å². The molecule has 0 aliphatic carbocycles. The predicted octanol–water partition coefficient (Wildman–Crippen LogP) is 3.95. The summed E-state index contributed by atoms with van der Waals surface area (Å²) >= 11 is 0. The van der Waals surface area contributed by atoms with E-state index in [9.17, 15) is 5.11 Å². The molecule has 0 aromatic heterocycles. The highest BCUT2D eigenvalue weighted by atomic mass is 16.5. The first-order chi connectivity index (χ1) is 8.49. The molecule has 18 heavy (non-hydrogen) atoms. The normalized spacial score (nSPS) is 13.4. The molecule has 0 radical (unpaired) electrons. The molecule has 0 fully saturated rings. The van der Waals surface area contributed by atoms with Crippen LogP contribution < -0.4 is 4.74 Å². The average Bonchev–Trinajstić information content (AvgIpc) is 2.38. The largest absolute Gasteiger partial charge is 0.491 e. The molecule has 1 unspecified atom stereocenters. The van der Waals surface area contributed by atoms with Crippen molar-refractivity contribution in [3.63, 3.8) is 0 Å². The van der Waals surface area contributed by atoms with Crippen LogP contribution >= 0.6 is 0 Å². The molecule has 0 spiro atoms. The van der Waals surface area contributed by atoms with Crippen LogP contribution in [0.5, 0.6) is 5.75 Å². The predicted molar refractivity (Wildman–Crippen MR) is 76.0 cm³/mol. The van der Waals surface area contributed by atoms with E-state index in [2.05, 4.69) is 20.8 Å². The van der Waals surface area contributed by atoms with Crippen LogP contribution in [0.2, 0.25) is 0 Å². The first-order valence-corrected chi connectivity index (χ1v) is 6.86. The fourth-order valence-corrected chi connectivity index (χ4v) is 1.99. The molecule has 0 saturated carbocycles. The van der Waals surface area contributed by atoms with Gasteiger partial charge < -0.3 is 9.84 Å². The Labute approximate surface area is 111 Å². The van der Waals surface area contributed by atoms with Crippen molar-refractivity contribution in [1.82, 2.24) is 0 Å². The lowest BCUT2D eigenvalue weighted by Crippen LogP contribution is -2.27. The minimum absolute atomic E-state index is 0.218. The maximum atomic E-state index is 10.0. The molecule has 1 N–H and O–H groups in total. The molecule has 2 heteroatoms. The number of aryl methyl sites for hydroxylation is 1. The zero-order valence-corrected chi connectivity index (χ0v) is 12.1. The van der Waals surface area contributed by atoms with Crippen LogP contribution in [-0.2, 0) is 0 Å². The summed E-state index contributed by atoms with van der Waals surface area (Å²) in [5.74, 6) is 0.828. The lowest BCUT2D eigenvalue weighted by molar-refractivity contribution is 0.0578. The highest BCUT2D eigenvalue weighted by Crippen LogP contribution is 2.31. The standard InChI is InChI=1S/C16H26O2/c1-5-16(4,6-2)11-14(17)12-18-15-9-7-13(3)8-10-15/h7-10,14,17H,5-6,11-12H2,1-4H3. The van der Waals surface area contributed by atoms with Crippen LogP contribution in [0.3, 0.4) is 0 Å². The van der Waals surface area contributed by atoms with Crippen molar-refractivity contribution in [2.75, 3.05) is 6.61 Å². The Morgan fingerprint density at radius 2 is 1.72 bits per heavy atom. The van der Waals surface area contributed by atoms with Gasteiger partial charge in [-0.15, -0.1) is 0 Å². The number of hydrogen-bond donors (Lipinski definition) is 1. The second kappa shape index (κ2) is 6.79. The van der Waals surface area contributed by atoms with Gasteiger partial charge in [0.2, 0.25) is 0 Å². The van der Waals surface area contributed by atoms with E-state index in [1.54, 1.807) is 0 Å². The SMILES string of the molecule is CCC(C)(CC)CC(O)COc1ccc(C)cc1. The zero-order chi connectivity index (χ0) is 13.6. The van der Waals surface area contributed by atoms with Gasteiger partial charge in [0.25, 0.3) is 0 Å². The third-order valence-electron chi connectivity index (χ3n) is 3.90. The molecule has 1 rings (SSSR count). The molecule has 1 aromatic rings. The van der Waals surface area contributed by atoms with Crippen LogP contribution in [0.15, 0.2) is 24.3 Å². The highest BCUT2D eigenvalue weighted by molar-refractivity contribution is 5.26. The Kier molecular flexibility index (Phi) is 5.67. The number of aliphatic hydroxyl groups is 1. The van der Waals surface area contributed by atoms with Gasteiger partial charge in [-0.05, 0) is 30.9 Å². The van der Waals surface area contributed by atoms with Gasteiger partial charge in [-0.3, -0.25) is 0 Å². The molecular formula is C16H26O2. The number of hydrogen-bond acceptors (Lipinski definition) is 2. The lowest BCUT2D eigenvalue weighted by atomic mass is 9.80. The van der Waals surface area contributed by atoms with E-state index in [4.69, 9.17) is 4.74 Å². The molecule has 0 saturated heterocycles. The third kappa shape index (κ3) is 4.69. The smallest absolute Gasteiger partial charge is 0.119 e. The molecule has 0 heterocycles. The number of benzene rings is 1. The monoisotopic (exact) mass is 250 g/mol. The molecule has 1 aromatic carbocycles. The molecule has 1 atom stereocenters. The van der Waals surface area contributed by atoms with Crippen molar-refractivity contribution in [1.29, 1.82) is 0 Å². The quantitative estimate of drug-likeness (QED) is 0.794. The van der Waals surface area contributed by atoms with Crippen LogP contribution in [-0.4, -0.2) is 17.8 Å². The zero-order valence-electron chi connectivity index (χ0n) is 12.1. The van der Waals surface area contributed by atoms with Crippen molar-refractivity contribution in [3.05, 3.63) is 29.8 Å². The van der Waals surface area contributed by atoms with E-state index in [-0.39, 0.29) is 5.41 Å². The minimum Gasteiger partial charge on any atom is -0.491 e. The van der Waals surface area contributed by atoms with Crippen LogP contribution in [0.1, 0.15) is 45.6 Å². The van der Waals surface area contributed by atoms with E-state index in [0.29, 0.717) is 6.61 Å². The number of ether oxygens (including phenoxy) is 1. The topological polar surface area (TPSA) is 29.5 Å². The van der Waals surface area contributed by atoms with Gasteiger partial charge >= 0.3 is 0 Å². The number of aliphatic hydroxyl groups excluding tert-OH is 1. The second-order valence-corrected chi connectivity index (χ2v) is 5.50. The Hall–Kier alpha value is -1.02. The van der Waals surface area contributed by atoms with Crippen molar-refractivity contribution >= 4 is 0 Å². The van der Waals surface area contributed by atoms with Gasteiger partial charge in [0, 0.05) is 0 Å². The van der Waals surface area contributed by atoms with Gasteiger partial charge in [-0.1, -0.05) is 51.3 Å². The molecule has 0 aliphatic rings. The van der Waals surface area contributed by atoms with Gasteiger partial charge in [0.05, 0.1) is 6.10 Å². The summed E-state index contributed by atoms with van der Waals surface area (Å²) in [6, 6.07) is 7.93. The fraction of sp³-hybridized carbons (Fsp3) is 0.625. The van der Waals surface area contributed by atoms with Gasteiger partial charge in [-0.25, -0.2) is 0 Å². The van der Waals surface area contributed by atoms with E-state index in [1.165, 1.54) is 5.56 Å². The Balaban J connectivity index is 2.41. The molecular weight excluding hydrogens is 224 g/mol. The van der Waals surface area contributed by atoms with Crippen molar-refractivity contribution in [3.8, 4) is 5.75 Å². The Bertz CT molecular complexity index is 339. The van der Waals surface area contributed by atoms with E-state index >= 15 is 0 Å². The summed E-state index contributed by atoms with van der Waals surface area (Å²) in [6.45, 7) is 9.00. The van der Waals surface area contributed by atoms with Crippen molar-refractivity contribution in [2.45, 2.75) is 53.1 Å². The summed E-state index contributed by atoms with van der Waals surface area (Å²) < 4.78 is 5.61. The molecule has 2 nitrogen and oxygen atoms in total. The molecule has 0 amide bonds. The average molecular weight is 250 g/mol. The summed E-state index contributed by atoms with van der Waals surface area (Å²) in [5, 5.41) is 10.0. The maximum absolute atomic E-state index is 10.0. The van der Waals surface area contributed by atoms with E-state index in [0.717, 1.165) is 25.0 Å². The lowest BCUT2D eigenvalue weighted by Gasteiger charge is -2.29. The van der Waals surface area contributed by atoms with Crippen molar-refractivity contribution < 1.29 is 9.84 Å². The highest BCUT2D eigenvalue weighted by Gasteiger charge is 2.23. The molecule has 102 valence electrons. The second-order valence-electron chi connectivity index (χ2n) is 5.50. The Morgan fingerprint density at radius 3 is 2.22 bits per heavy atom. The molecule has 0 aliphatic heterocycles. The maximum Gasteiger partial charge on any atom is 0.119 e. The minimum atomic E-state index is -0.392. The fourth-order valence-electron chi connectivity index (χ4n) is 1.99. The van der Waals surface area contributed by atoms with Crippen LogP contribution in [0.25, 0.3) is 0 Å². The van der Waals surface area contributed by atoms with Gasteiger partial charge in [0.15, 0.2) is 0 Å². The molecule has 0 bridgehead atoms. The van der Waals surface area contributed by atoms with Crippen LogP contribution in [0, 0.1) is 12.3 Å². The summed E-state index contributed by atoms with van der Waals surface area (Å²) in [7, 11) is 0. The third-order valence-corrected chi connectivity index (χ3v) is 3.90. The van der Waals surface area contributed by atoms with Crippen LogP contribution in [0.4, 0.5) is 0 Å². The van der Waals surface area contributed by atoms with E-state index < -0.39 is 6.10 Å². The van der Waals surface area contributed by atoms with Gasteiger partial charge in [-0.2, -0.15) is 0 Å². The van der Waals surface area contributed by atoms with Crippen molar-refractivity contribution in [2.24, 2.45) is 5.41 Å². The first-order valence-electron chi connectivity index (χ1n) is 6.86. The summed E-state index contributed by atoms with van der Waals surface area (Å²) in [4.78, 5) is 0. The summed E-state index contributed by atoms with van der Waals surface area (Å²) in [5.41, 5.74) is 1.43. The first kappa shape index (κ1) is 15.0. The summed E-state index contributed by atoms with van der Waals surface area (Å²) in [6.07, 6.45) is 2.58.